The molecule has 2 N–H and O–H groups in total. The molecule has 0 atom stereocenters. The maximum atomic E-state index is 14.4. The van der Waals surface area contributed by atoms with Crippen molar-refractivity contribution in [3.05, 3.63) is 244 Å². The highest BCUT2D eigenvalue weighted by molar-refractivity contribution is 6.06. The largest absolute Gasteiger partial charge is 0.336 e. The van der Waals surface area contributed by atoms with Crippen LogP contribution in [0.2, 0.25) is 0 Å². The Morgan fingerprint density at radius 1 is 0.585 bits per heavy atom. The van der Waals surface area contributed by atoms with Gasteiger partial charge in [0.25, 0.3) is 22.9 Å². The number of pyridine rings is 2. The highest BCUT2D eigenvalue weighted by atomic mass is 19.1. The van der Waals surface area contributed by atoms with Gasteiger partial charge in [0.2, 0.25) is 0 Å². The van der Waals surface area contributed by atoms with E-state index in [-0.39, 0.29) is 52.8 Å². The molecule has 12 rings (SSSR count). The lowest BCUT2D eigenvalue weighted by atomic mass is 10.1. The second-order valence-electron chi connectivity index (χ2n) is 20.6. The minimum Gasteiger partial charge on any atom is -0.336 e. The summed E-state index contributed by atoms with van der Waals surface area (Å²) in [6.45, 7) is 0.571. The van der Waals surface area contributed by atoms with E-state index < -0.39 is 34.1 Å². The monoisotopic (exact) mass is 1100 g/mol. The number of nitrogens with one attached hydrogen (secondary N) is 2. The molecule has 6 heterocycles. The number of benzene rings is 4. The molecule has 2 fully saturated rings. The van der Waals surface area contributed by atoms with Crippen LogP contribution in [0.5, 0.6) is 0 Å². The van der Waals surface area contributed by atoms with Crippen molar-refractivity contribution in [1.29, 1.82) is 5.26 Å². The summed E-state index contributed by atoms with van der Waals surface area (Å²) in [4.78, 5) is 106. The van der Waals surface area contributed by atoms with Gasteiger partial charge in [0.05, 0.1) is 24.2 Å². The Morgan fingerprint density at radius 3 is 1.43 bits per heavy atom. The number of hydrogen-bond donors (Lipinski definition) is 2. The van der Waals surface area contributed by atoms with Gasteiger partial charge in [-0.1, -0.05) is 60.7 Å². The highest BCUT2D eigenvalue weighted by Crippen LogP contribution is 2.32. The first-order valence-electron chi connectivity index (χ1n) is 26.6. The van der Waals surface area contributed by atoms with E-state index in [2.05, 4.69) is 29.9 Å². The Kier molecular flexibility index (Phi) is 15.0. The molecule has 0 radical (unpaired) electrons. The average Bonchev–Trinajstić information content (AvgIpc) is 4.56. The topological polar surface area (TPSA) is 236 Å². The number of amides is 2. The Hall–Kier alpha value is -10.2. The molecule has 2 aliphatic carbocycles. The van der Waals surface area contributed by atoms with Crippen LogP contribution in [-0.2, 0) is 39.0 Å². The molecule has 4 aromatic carbocycles. The van der Waals surface area contributed by atoms with Crippen molar-refractivity contribution in [1.82, 2.24) is 48.2 Å². The van der Waals surface area contributed by atoms with Crippen LogP contribution >= 0.6 is 0 Å². The smallest absolute Gasteiger partial charge is 0.333 e. The molecular weight excluding hydrogens is 1050 g/mol. The maximum absolute atomic E-state index is 14.4. The maximum Gasteiger partial charge on any atom is 0.333 e. The van der Waals surface area contributed by atoms with Crippen LogP contribution in [0, 0.1) is 34.8 Å². The molecule has 6 aromatic heterocycles. The van der Waals surface area contributed by atoms with E-state index in [4.69, 9.17) is 5.26 Å². The SMILES string of the molecule is CN(C(=O)c1ccc(C#N)nc1)c1ccc(Cc2nc3c([nH]2)c(=O)n(Cc2ccccc2F)c(=O)n3CC2CC2)cc1.CN(C(=O)c1cccnc1)c1ccc(Cc2nc3c([nH]2)c(=O)n(Cc2ccccc2F)c(=O)n3CC2CC2)cc1. The first kappa shape index (κ1) is 53.8. The number of halogens is 2. The summed E-state index contributed by atoms with van der Waals surface area (Å²) in [7, 11) is 3.36. The second kappa shape index (κ2) is 22.9. The number of hydrogen-bond acceptors (Lipinski definition) is 11. The van der Waals surface area contributed by atoms with Gasteiger partial charge in [-0.3, -0.25) is 42.4 Å². The van der Waals surface area contributed by atoms with Crippen molar-refractivity contribution in [2.75, 3.05) is 23.9 Å². The van der Waals surface area contributed by atoms with Gasteiger partial charge in [-0.05, 0) is 109 Å². The molecule has 2 amide bonds. The summed E-state index contributed by atoms with van der Waals surface area (Å²) in [5, 5.41) is 8.92. The van der Waals surface area contributed by atoms with Crippen molar-refractivity contribution in [2.24, 2.45) is 11.8 Å². The number of nitriles is 1. The summed E-state index contributed by atoms with van der Waals surface area (Å²) >= 11 is 0. The predicted octanol–water partition coefficient (Wildman–Crippen LogP) is 7.36. The molecule has 19 nitrogen and oxygen atoms in total. The van der Waals surface area contributed by atoms with Crippen LogP contribution < -0.4 is 32.3 Å². The summed E-state index contributed by atoms with van der Waals surface area (Å²) in [5.41, 5.74) is 3.77. The number of anilines is 2. The Morgan fingerprint density at radius 2 is 1.04 bits per heavy atom. The first-order valence-corrected chi connectivity index (χ1v) is 26.6. The second-order valence-corrected chi connectivity index (χ2v) is 20.6. The average molecular weight is 1100 g/mol. The summed E-state index contributed by atoms with van der Waals surface area (Å²) in [6, 6.07) is 35.4. The highest BCUT2D eigenvalue weighted by Gasteiger charge is 2.28. The van der Waals surface area contributed by atoms with Gasteiger partial charge >= 0.3 is 11.4 Å². The molecule has 0 bridgehead atoms. The lowest BCUT2D eigenvalue weighted by Gasteiger charge is -2.17. The van der Waals surface area contributed by atoms with E-state index in [1.165, 1.54) is 44.6 Å². The number of rotatable bonds is 16. The minimum atomic E-state index is -0.545. The number of fused-ring (bicyclic) bond motifs is 2. The number of aromatic amines is 2. The van der Waals surface area contributed by atoms with Crippen molar-refractivity contribution in [3.63, 3.8) is 0 Å². The quantitative estimate of drug-likeness (QED) is 0.0969. The zero-order valence-electron chi connectivity index (χ0n) is 44.6. The van der Waals surface area contributed by atoms with Crippen molar-refractivity contribution in [2.45, 2.75) is 64.7 Å². The van der Waals surface area contributed by atoms with Gasteiger partial charge in [-0.2, -0.15) is 5.26 Å². The van der Waals surface area contributed by atoms with E-state index in [0.717, 1.165) is 51.6 Å². The molecule has 10 aromatic rings. The van der Waals surface area contributed by atoms with Gasteiger partial charge in [-0.25, -0.2) is 33.3 Å². The van der Waals surface area contributed by atoms with E-state index >= 15 is 0 Å². The molecule has 21 heteroatoms. The first-order chi connectivity index (χ1) is 39.7. The third-order valence-corrected chi connectivity index (χ3v) is 14.7. The van der Waals surface area contributed by atoms with Gasteiger partial charge in [0.15, 0.2) is 11.3 Å². The van der Waals surface area contributed by atoms with Gasteiger partial charge < -0.3 is 19.8 Å². The molecular formula is C61H53F2N13O6. The summed E-state index contributed by atoms with van der Waals surface area (Å²) in [6.07, 6.45) is 9.31. The fourth-order valence-electron chi connectivity index (χ4n) is 9.67. The zero-order valence-corrected chi connectivity index (χ0v) is 44.6. The Bertz CT molecular complexity index is 4340. The molecule has 2 aliphatic rings. The van der Waals surface area contributed by atoms with Gasteiger partial charge in [0, 0.05) is 81.1 Å². The molecule has 2 saturated carbocycles. The predicted molar refractivity (Wildman–Crippen MR) is 303 cm³/mol. The third-order valence-electron chi connectivity index (χ3n) is 14.7. The Balaban J connectivity index is 0.000000172. The van der Waals surface area contributed by atoms with E-state index in [1.807, 2.05) is 42.5 Å². The molecule has 0 saturated heterocycles. The number of H-pyrrole nitrogens is 2. The zero-order chi connectivity index (χ0) is 57.2. The molecule has 0 aliphatic heterocycles. The molecule has 0 spiro atoms. The summed E-state index contributed by atoms with van der Waals surface area (Å²) < 4.78 is 33.9. The standard InChI is InChI=1S/C31H26FN7O3.C30H27FN6O3/c1-37(29(40)21-10-11-23(15-33)34-16-21)24-12-8-19(9-13-24)14-26-35-27-28(36-26)38(17-20-6-7-20)31(42)39(30(27)41)18-22-4-2-3-5-25(22)32;1-35(28(38)21-6-4-14-32-16-21)23-12-10-19(11-13-23)15-25-33-26-27(34-25)36(17-20-8-9-20)30(40)37(29(26)39)18-22-5-2-3-7-24(22)31/h2-5,8-13,16,20H,6-7,14,17-18H2,1H3,(H,35,36);2-7,10-14,16,20H,8-9,15,17-18H2,1H3,(H,33,34). The van der Waals surface area contributed by atoms with E-state index in [1.54, 1.807) is 91.9 Å². The van der Waals surface area contributed by atoms with E-state index in [0.29, 0.717) is 77.5 Å². The minimum absolute atomic E-state index is 0.161. The number of carbonyl (C=O) groups excluding carboxylic acids is 2. The third kappa shape index (κ3) is 11.4. The van der Waals surface area contributed by atoms with Crippen molar-refractivity contribution in [3.8, 4) is 6.07 Å². The molecule has 82 heavy (non-hydrogen) atoms. The number of imidazole rings is 2. The lowest BCUT2D eigenvalue weighted by molar-refractivity contribution is 0.0985. The number of aromatic nitrogens is 10. The van der Waals surface area contributed by atoms with Gasteiger partial charge in [-0.15, -0.1) is 0 Å². The Labute approximate surface area is 466 Å². The van der Waals surface area contributed by atoms with Crippen LogP contribution in [0.3, 0.4) is 0 Å². The van der Waals surface area contributed by atoms with Crippen LogP contribution in [-0.4, -0.2) is 74.1 Å². The summed E-state index contributed by atoms with van der Waals surface area (Å²) in [5.74, 6) is 0.368. The molecule has 412 valence electrons. The van der Waals surface area contributed by atoms with Crippen LogP contribution in [0.15, 0.2) is 159 Å². The van der Waals surface area contributed by atoms with E-state index in [9.17, 15) is 37.5 Å². The fraction of sp³-hybridized carbons (Fsp3) is 0.230. The van der Waals surface area contributed by atoms with Crippen LogP contribution in [0.1, 0.15) is 86.0 Å². The normalized spacial score (nSPS) is 12.9. The van der Waals surface area contributed by atoms with Crippen LogP contribution in [0.4, 0.5) is 20.2 Å². The van der Waals surface area contributed by atoms with Crippen LogP contribution in [0.25, 0.3) is 22.3 Å². The molecule has 0 unspecified atom stereocenters. The lowest BCUT2D eigenvalue weighted by Crippen LogP contribution is -2.40. The fourth-order valence-corrected chi connectivity index (χ4v) is 9.67. The van der Waals surface area contributed by atoms with Gasteiger partial charge in [0.1, 0.15) is 46.1 Å². The number of nitrogens with zero attached hydrogens (tertiary/aromatic N) is 11. The van der Waals surface area contributed by atoms with Crippen molar-refractivity contribution >= 4 is 45.5 Å². The van der Waals surface area contributed by atoms with Crippen molar-refractivity contribution < 1.29 is 18.4 Å². The number of carbonyl (C=O) groups is 2.